The smallest absolute Gasteiger partial charge is 0.260 e. The summed E-state index contributed by atoms with van der Waals surface area (Å²) in [5, 5.41) is 7.72. The van der Waals surface area contributed by atoms with E-state index in [0.717, 1.165) is 5.56 Å². The van der Waals surface area contributed by atoms with Crippen molar-refractivity contribution in [3.8, 4) is 5.75 Å². The molecule has 1 unspecified atom stereocenters. The van der Waals surface area contributed by atoms with Crippen LogP contribution in [0.2, 0.25) is 0 Å². The van der Waals surface area contributed by atoms with Crippen LogP contribution in [-0.2, 0) is 14.8 Å². The monoisotopic (exact) mass is 286 g/mol. The zero-order valence-electron chi connectivity index (χ0n) is 11.1. The Labute approximate surface area is 113 Å². The topological polar surface area (TPSA) is 98.5 Å². The second-order valence-electron chi connectivity index (χ2n) is 4.15. The maximum atomic E-state index is 11.6. The van der Waals surface area contributed by atoms with Crippen molar-refractivity contribution in [2.75, 3.05) is 6.54 Å². The number of rotatable bonds is 5. The van der Waals surface area contributed by atoms with Crippen LogP contribution >= 0.6 is 0 Å². The second kappa shape index (κ2) is 6.03. The maximum absolute atomic E-state index is 11.6. The van der Waals surface area contributed by atoms with Gasteiger partial charge in [-0.3, -0.25) is 4.79 Å². The number of amides is 1. The van der Waals surface area contributed by atoms with Crippen LogP contribution in [0.5, 0.6) is 5.75 Å². The highest BCUT2D eigenvalue weighted by Crippen LogP contribution is 2.24. The number of carbonyl (C=O) groups excluding carboxylic acids is 1. The predicted molar refractivity (Wildman–Crippen MR) is 71.3 cm³/mol. The van der Waals surface area contributed by atoms with E-state index in [-0.39, 0.29) is 16.6 Å². The van der Waals surface area contributed by atoms with Crippen LogP contribution in [0.15, 0.2) is 23.1 Å². The van der Waals surface area contributed by atoms with Gasteiger partial charge in [0.2, 0.25) is 10.0 Å². The SMILES string of the molecule is CCNC(=O)C(C)Oc1ccc(C)cc1S(N)(=O)=O. The number of sulfonamides is 1. The van der Waals surface area contributed by atoms with Crippen molar-refractivity contribution in [1.29, 1.82) is 0 Å². The number of nitrogens with one attached hydrogen (secondary N) is 1. The normalized spacial score (nSPS) is 12.8. The Bertz CT molecular complexity index is 569. The largest absolute Gasteiger partial charge is 0.479 e. The molecule has 3 N–H and O–H groups in total. The zero-order valence-corrected chi connectivity index (χ0v) is 12.0. The lowest BCUT2D eigenvalue weighted by atomic mass is 10.2. The van der Waals surface area contributed by atoms with Crippen molar-refractivity contribution in [2.24, 2.45) is 5.14 Å². The van der Waals surface area contributed by atoms with Crippen LogP contribution in [0.25, 0.3) is 0 Å². The van der Waals surface area contributed by atoms with Crippen molar-refractivity contribution in [1.82, 2.24) is 5.32 Å². The Morgan fingerprint density at radius 3 is 2.63 bits per heavy atom. The third-order valence-corrected chi connectivity index (χ3v) is 3.36. The Kier molecular flexibility index (Phi) is 4.90. The lowest BCUT2D eigenvalue weighted by molar-refractivity contribution is -0.127. The Morgan fingerprint density at radius 2 is 2.11 bits per heavy atom. The van der Waals surface area contributed by atoms with Crippen LogP contribution in [0.4, 0.5) is 0 Å². The number of benzene rings is 1. The second-order valence-corrected chi connectivity index (χ2v) is 5.68. The third kappa shape index (κ3) is 4.22. The minimum Gasteiger partial charge on any atom is -0.479 e. The van der Waals surface area contributed by atoms with Crippen LogP contribution in [-0.4, -0.2) is 27.0 Å². The molecule has 0 aliphatic heterocycles. The standard InChI is InChI=1S/C12H18N2O4S/c1-4-14-12(15)9(3)18-10-6-5-8(2)7-11(10)19(13,16)17/h5-7,9H,4H2,1-3H3,(H,14,15)(H2,13,16,17). The van der Waals surface area contributed by atoms with E-state index in [1.807, 2.05) is 0 Å². The van der Waals surface area contributed by atoms with E-state index in [4.69, 9.17) is 9.88 Å². The van der Waals surface area contributed by atoms with E-state index in [1.165, 1.54) is 19.1 Å². The molecule has 0 saturated carbocycles. The average Bonchev–Trinajstić information content (AvgIpc) is 2.30. The number of ether oxygens (including phenoxy) is 1. The summed E-state index contributed by atoms with van der Waals surface area (Å²) in [6.07, 6.45) is -0.803. The van der Waals surface area contributed by atoms with Gasteiger partial charge in [-0.15, -0.1) is 0 Å². The summed E-state index contributed by atoms with van der Waals surface area (Å²) in [4.78, 5) is 11.4. The van der Waals surface area contributed by atoms with Gasteiger partial charge < -0.3 is 10.1 Å². The Morgan fingerprint density at radius 1 is 1.47 bits per heavy atom. The molecule has 1 aromatic rings. The lowest BCUT2D eigenvalue weighted by Crippen LogP contribution is -2.36. The minimum absolute atomic E-state index is 0.0758. The molecule has 0 fully saturated rings. The summed E-state index contributed by atoms with van der Waals surface area (Å²) in [5.41, 5.74) is 0.738. The minimum atomic E-state index is -3.90. The summed E-state index contributed by atoms with van der Waals surface area (Å²) >= 11 is 0. The van der Waals surface area contributed by atoms with Crippen molar-refractivity contribution in [3.05, 3.63) is 23.8 Å². The molecule has 0 saturated heterocycles. The van der Waals surface area contributed by atoms with Crippen LogP contribution in [0, 0.1) is 6.92 Å². The molecule has 1 rings (SSSR count). The van der Waals surface area contributed by atoms with Crippen LogP contribution in [0.1, 0.15) is 19.4 Å². The van der Waals surface area contributed by atoms with Gasteiger partial charge in [-0.2, -0.15) is 0 Å². The fourth-order valence-electron chi connectivity index (χ4n) is 1.50. The average molecular weight is 286 g/mol. The molecular formula is C12H18N2O4S. The first-order chi connectivity index (χ1) is 8.75. The molecule has 6 nitrogen and oxygen atoms in total. The van der Waals surface area contributed by atoms with Gasteiger partial charge >= 0.3 is 0 Å². The van der Waals surface area contributed by atoms with Crippen molar-refractivity contribution >= 4 is 15.9 Å². The quantitative estimate of drug-likeness (QED) is 0.825. The number of carbonyl (C=O) groups is 1. The molecular weight excluding hydrogens is 268 g/mol. The van der Waals surface area contributed by atoms with E-state index in [0.29, 0.717) is 6.54 Å². The molecule has 19 heavy (non-hydrogen) atoms. The van der Waals surface area contributed by atoms with E-state index in [9.17, 15) is 13.2 Å². The molecule has 1 atom stereocenters. The predicted octanol–water partition coefficient (Wildman–Crippen LogP) is 0.546. The van der Waals surface area contributed by atoms with E-state index in [1.54, 1.807) is 19.9 Å². The summed E-state index contributed by atoms with van der Waals surface area (Å²) in [6, 6.07) is 4.59. The van der Waals surface area contributed by atoms with Gasteiger partial charge in [0.1, 0.15) is 10.6 Å². The summed E-state index contributed by atoms with van der Waals surface area (Å²) < 4.78 is 28.3. The fraction of sp³-hybridized carbons (Fsp3) is 0.417. The first-order valence-electron chi connectivity index (χ1n) is 5.83. The molecule has 7 heteroatoms. The van der Waals surface area contributed by atoms with Crippen LogP contribution in [0.3, 0.4) is 0 Å². The van der Waals surface area contributed by atoms with E-state index >= 15 is 0 Å². The van der Waals surface area contributed by atoms with Crippen LogP contribution < -0.4 is 15.2 Å². The van der Waals surface area contributed by atoms with E-state index < -0.39 is 16.1 Å². The highest BCUT2D eigenvalue weighted by atomic mass is 32.2. The number of nitrogens with two attached hydrogens (primary N) is 1. The number of likely N-dealkylation sites (N-methyl/N-ethyl adjacent to an activating group) is 1. The molecule has 106 valence electrons. The molecule has 0 radical (unpaired) electrons. The van der Waals surface area contributed by atoms with Gasteiger partial charge in [0.25, 0.3) is 5.91 Å². The molecule has 0 heterocycles. The van der Waals surface area contributed by atoms with Gasteiger partial charge in [-0.1, -0.05) is 6.07 Å². The molecule has 0 aliphatic rings. The molecule has 1 aromatic carbocycles. The number of aryl methyl sites for hydroxylation is 1. The summed E-state index contributed by atoms with van der Waals surface area (Å²) in [5.74, 6) is -0.240. The van der Waals surface area contributed by atoms with Crippen molar-refractivity contribution in [2.45, 2.75) is 31.8 Å². The van der Waals surface area contributed by atoms with Gasteiger partial charge in [-0.05, 0) is 38.5 Å². The number of primary sulfonamides is 1. The van der Waals surface area contributed by atoms with Crippen molar-refractivity contribution in [3.63, 3.8) is 0 Å². The molecule has 0 aliphatic carbocycles. The van der Waals surface area contributed by atoms with E-state index in [2.05, 4.69) is 5.32 Å². The third-order valence-electron chi connectivity index (χ3n) is 2.43. The van der Waals surface area contributed by atoms with Gasteiger partial charge in [0.15, 0.2) is 6.10 Å². The first kappa shape index (κ1) is 15.5. The Balaban J connectivity index is 3.05. The molecule has 0 aromatic heterocycles. The number of hydrogen-bond acceptors (Lipinski definition) is 4. The molecule has 1 amide bonds. The summed E-state index contributed by atoms with van der Waals surface area (Å²) in [6.45, 7) is 5.54. The zero-order chi connectivity index (χ0) is 14.6. The lowest BCUT2D eigenvalue weighted by Gasteiger charge is -2.16. The maximum Gasteiger partial charge on any atom is 0.260 e. The molecule has 0 bridgehead atoms. The highest BCUT2D eigenvalue weighted by Gasteiger charge is 2.20. The van der Waals surface area contributed by atoms with Gasteiger partial charge in [0.05, 0.1) is 0 Å². The van der Waals surface area contributed by atoms with Crippen molar-refractivity contribution < 1.29 is 17.9 Å². The van der Waals surface area contributed by atoms with Gasteiger partial charge in [-0.25, -0.2) is 13.6 Å². The summed E-state index contributed by atoms with van der Waals surface area (Å²) in [7, 11) is -3.90. The number of hydrogen-bond donors (Lipinski definition) is 2. The first-order valence-corrected chi connectivity index (χ1v) is 7.38. The van der Waals surface area contributed by atoms with Gasteiger partial charge in [0, 0.05) is 6.54 Å². The highest BCUT2D eigenvalue weighted by molar-refractivity contribution is 7.89. The Hall–Kier alpha value is -1.60. The fourth-order valence-corrected chi connectivity index (χ4v) is 2.24. The molecule has 0 spiro atoms.